The predicted octanol–water partition coefficient (Wildman–Crippen LogP) is 3.02. The summed E-state index contributed by atoms with van der Waals surface area (Å²) in [5, 5.41) is 3.15. The Hall–Kier alpha value is -1.76. The summed E-state index contributed by atoms with van der Waals surface area (Å²) in [6.45, 7) is 1.39. The lowest BCUT2D eigenvalue weighted by Crippen LogP contribution is -2.33. The van der Waals surface area contributed by atoms with Crippen molar-refractivity contribution in [2.75, 3.05) is 25.5 Å². The van der Waals surface area contributed by atoms with E-state index in [9.17, 15) is 0 Å². The summed E-state index contributed by atoms with van der Waals surface area (Å²) in [4.78, 5) is 6.45. The van der Waals surface area contributed by atoms with Crippen LogP contribution >= 0.6 is 24.0 Å². The Kier molecular flexibility index (Phi) is 8.47. The molecule has 23 heavy (non-hydrogen) atoms. The van der Waals surface area contributed by atoms with Gasteiger partial charge in [0.25, 0.3) is 0 Å². The molecule has 0 aliphatic carbocycles. The monoisotopic (exact) mass is 424 g/mol. The summed E-state index contributed by atoms with van der Waals surface area (Å²) in [6, 6.07) is 18.7. The van der Waals surface area contributed by atoms with Crippen molar-refractivity contribution in [1.82, 2.24) is 5.32 Å². The molecule has 0 aromatic heterocycles. The Morgan fingerprint density at radius 3 is 2.26 bits per heavy atom. The number of aliphatic imine (C=N–C) groups is 1. The fourth-order valence-electron chi connectivity index (χ4n) is 2.11. The minimum absolute atomic E-state index is 0. The highest BCUT2D eigenvalue weighted by atomic mass is 127. The van der Waals surface area contributed by atoms with Gasteiger partial charge in [0, 0.05) is 26.3 Å². The van der Waals surface area contributed by atoms with Gasteiger partial charge in [-0.25, -0.2) is 4.99 Å². The fourth-order valence-corrected chi connectivity index (χ4v) is 2.11. The van der Waals surface area contributed by atoms with Gasteiger partial charge < -0.3 is 16.0 Å². The van der Waals surface area contributed by atoms with E-state index in [1.54, 1.807) is 0 Å². The van der Waals surface area contributed by atoms with Gasteiger partial charge in [-0.15, -0.1) is 24.0 Å². The fraction of sp³-hybridized carbons (Fsp3) is 0.278. The van der Waals surface area contributed by atoms with E-state index in [0.717, 1.165) is 18.5 Å². The van der Waals surface area contributed by atoms with Gasteiger partial charge in [-0.1, -0.05) is 42.5 Å². The number of hydrogen-bond acceptors (Lipinski definition) is 2. The van der Waals surface area contributed by atoms with Crippen LogP contribution in [-0.2, 0) is 13.0 Å². The largest absolute Gasteiger partial charge is 0.378 e. The van der Waals surface area contributed by atoms with E-state index in [-0.39, 0.29) is 24.0 Å². The molecule has 0 bridgehead atoms. The third kappa shape index (κ3) is 6.90. The molecule has 5 heteroatoms. The molecule has 2 aromatic rings. The Bertz CT molecular complexity index is 594. The van der Waals surface area contributed by atoms with Gasteiger partial charge in [0.15, 0.2) is 5.96 Å². The zero-order valence-electron chi connectivity index (χ0n) is 13.7. The molecule has 0 radical (unpaired) electrons. The highest BCUT2D eigenvalue weighted by Gasteiger charge is 1.97. The Labute approximate surface area is 155 Å². The molecule has 0 heterocycles. The van der Waals surface area contributed by atoms with Crippen molar-refractivity contribution in [3.8, 4) is 0 Å². The van der Waals surface area contributed by atoms with Crippen molar-refractivity contribution in [2.45, 2.75) is 13.0 Å². The van der Waals surface area contributed by atoms with Crippen LogP contribution in [0, 0.1) is 0 Å². The molecule has 2 rings (SSSR count). The normalized spacial score (nSPS) is 10.8. The minimum Gasteiger partial charge on any atom is -0.378 e. The van der Waals surface area contributed by atoms with Gasteiger partial charge in [-0.05, 0) is 29.7 Å². The summed E-state index contributed by atoms with van der Waals surface area (Å²) in [6.07, 6.45) is 0.939. The molecule has 0 unspecified atom stereocenters. The van der Waals surface area contributed by atoms with Crippen LogP contribution in [0.15, 0.2) is 59.6 Å². The quantitative estimate of drug-likeness (QED) is 0.426. The summed E-state index contributed by atoms with van der Waals surface area (Å²) >= 11 is 0. The molecule has 0 saturated heterocycles. The third-order valence-corrected chi connectivity index (χ3v) is 3.45. The van der Waals surface area contributed by atoms with Gasteiger partial charge in [0.2, 0.25) is 0 Å². The van der Waals surface area contributed by atoms with E-state index < -0.39 is 0 Å². The lowest BCUT2D eigenvalue weighted by atomic mass is 10.1. The van der Waals surface area contributed by atoms with Crippen molar-refractivity contribution in [1.29, 1.82) is 0 Å². The average Bonchev–Trinajstić information content (AvgIpc) is 2.54. The lowest BCUT2D eigenvalue weighted by Gasteiger charge is -2.12. The highest BCUT2D eigenvalue weighted by Crippen LogP contribution is 2.12. The number of nitrogens with one attached hydrogen (secondary N) is 1. The van der Waals surface area contributed by atoms with Crippen molar-refractivity contribution in [3.05, 3.63) is 65.7 Å². The molecule has 0 spiro atoms. The maximum Gasteiger partial charge on any atom is 0.188 e. The number of nitrogens with zero attached hydrogens (tertiary/aromatic N) is 2. The van der Waals surface area contributed by atoms with E-state index in [4.69, 9.17) is 5.73 Å². The Morgan fingerprint density at radius 1 is 1.00 bits per heavy atom. The minimum atomic E-state index is 0. The number of rotatable bonds is 6. The molecule has 0 amide bonds. The van der Waals surface area contributed by atoms with Gasteiger partial charge in [-0.2, -0.15) is 0 Å². The Morgan fingerprint density at radius 2 is 1.65 bits per heavy atom. The Balaban J connectivity index is 0.00000264. The maximum atomic E-state index is 5.89. The molecular weight excluding hydrogens is 399 g/mol. The molecule has 0 aliphatic rings. The van der Waals surface area contributed by atoms with Crippen LogP contribution in [0.5, 0.6) is 0 Å². The standard InChI is InChI=1S/C18H24N4.HI/c1-22(2)17-10-8-16(9-11-17)14-21-18(19)20-13-12-15-6-4-3-5-7-15;/h3-11H,12-14H2,1-2H3,(H3,19,20,21);1H. The average molecular weight is 424 g/mol. The van der Waals surface area contributed by atoms with E-state index in [2.05, 4.69) is 51.6 Å². The molecule has 0 aliphatic heterocycles. The van der Waals surface area contributed by atoms with Crippen LogP contribution in [-0.4, -0.2) is 26.6 Å². The zero-order valence-corrected chi connectivity index (χ0v) is 16.0. The van der Waals surface area contributed by atoms with E-state index in [1.807, 2.05) is 32.3 Å². The van der Waals surface area contributed by atoms with Crippen LogP contribution < -0.4 is 16.0 Å². The molecule has 4 nitrogen and oxygen atoms in total. The SMILES string of the molecule is CN(C)c1ccc(CN=C(N)NCCc2ccccc2)cc1.I. The lowest BCUT2D eigenvalue weighted by molar-refractivity contribution is 0.848. The summed E-state index contributed by atoms with van der Waals surface area (Å²) in [7, 11) is 4.06. The number of halogens is 1. The number of nitrogens with two attached hydrogens (primary N) is 1. The van der Waals surface area contributed by atoms with Gasteiger partial charge in [-0.3, -0.25) is 0 Å². The van der Waals surface area contributed by atoms with Crippen LogP contribution in [0.3, 0.4) is 0 Å². The summed E-state index contributed by atoms with van der Waals surface area (Å²) < 4.78 is 0. The smallest absolute Gasteiger partial charge is 0.188 e. The van der Waals surface area contributed by atoms with Gasteiger partial charge in [0.1, 0.15) is 0 Å². The van der Waals surface area contributed by atoms with Crippen molar-refractivity contribution in [3.63, 3.8) is 0 Å². The third-order valence-electron chi connectivity index (χ3n) is 3.45. The molecule has 2 aromatic carbocycles. The topological polar surface area (TPSA) is 53.6 Å². The molecule has 0 fully saturated rings. The van der Waals surface area contributed by atoms with Gasteiger partial charge in [0.05, 0.1) is 6.54 Å². The number of benzene rings is 2. The molecule has 124 valence electrons. The number of hydrogen-bond donors (Lipinski definition) is 2. The van der Waals surface area contributed by atoms with Crippen molar-refractivity contribution in [2.24, 2.45) is 10.7 Å². The number of guanidine groups is 1. The van der Waals surface area contributed by atoms with E-state index in [1.165, 1.54) is 11.3 Å². The molecular formula is C18H25IN4. The van der Waals surface area contributed by atoms with Crippen molar-refractivity contribution >= 4 is 35.6 Å². The first kappa shape index (κ1) is 19.3. The van der Waals surface area contributed by atoms with Crippen LogP contribution in [0.4, 0.5) is 5.69 Å². The van der Waals surface area contributed by atoms with Crippen LogP contribution in [0.2, 0.25) is 0 Å². The first-order valence-electron chi connectivity index (χ1n) is 7.49. The van der Waals surface area contributed by atoms with Crippen LogP contribution in [0.25, 0.3) is 0 Å². The number of anilines is 1. The zero-order chi connectivity index (χ0) is 15.8. The van der Waals surface area contributed by atoms with Crippen LogP contribution in [0.1, 0.15) is 11.1 Å². The van der Waals surface area contributed by atoms with E-state index >= 15 is 0 Å². The second-order valence-electron chi connectivity index (χ2n) is 5.42. The first-order chi connectivity index (χ1) is 10.6. The van der Waals surface area contributed by atoms with Gasteiger partial charge >= 0.3 is 0 Å². The summed E-state index contributed by atoms with van der Waals surface area (Å²) in [5.41, 5.74) is 9.52. The first-order valence-corrected chi connectivity index (χ1v) is 7.49. The maximum absolute atomic E-state index is 5.89. The molecule has 3 N–H and O–H groups in total. The predicted molar refractivity (Wildman–Crippen MR) is 110 cm³/mol. The second kappa shape index (κ2) is 10.1. The van der Waals surface area contributed by atoms with E-state index in [0.29, 0.717) is 12.5 Å². The second-order valence-corrected chi connectivity index (χ2v) is 5.42. The summed E-state index contributed by atoms with van der Waals surface area (Å²) in [5.74, 6) is 0.493. The molecule has 0 atom stereocenters. The molecule has 0 saturated carbocycles. The highest BCUT2D eigenvalue weighted by molar-refractivity contribution is 14.0. The van der Waals surface area contributed by atoms with Crippen molar-refractivity contribution < 1.29 is 0 Å².